The summed E-state index contributed by atoms with van der Waals surface area (Å²) in [5.41, 5.74) is -1.49. The smallest absolute Gasteiger partial charge is 1.00 e. The zero-order valence-corrected chi connectivity index (χ0v) is 20.4. The van der Waals surface area contributed by atoms with Crippen molar-refractivity contribution in [3.63, 3.8) is 0 Å². The van der Waals surface area contributed by atoms with Gasteiger partial charge in [0.05, 0.1) is 0 Å². The zero-order valence-electron chi connectivity index (χ0n) is 18.6. The van der Waals surface area contributed by atoms with Crippen molar-refractivity contribution in [3.05, 3.63) is 12.2 Å². The molecule has 0 heterocycles. The summed E-state index contributed by atoms with van der Waals surface area (Å²) in [5, 5.41) is 0. The van der Waals surface area contributed by atoms with Crippen molar-refractivity contribution in [2.24, 2.45) is 0 Å². The summed E-state index contributed by atoms with van der Waals surface area (Å²) in [7, 11) is -4.31. The van der Waals surface area contributed by atoms with Crippen molar-refractivity contribution in [1.82, 2.24) is 0 Å². The van der Waals surface area contributed by atoms with Gasteiger partial charge in [0.2, 0.25) is 5.44 Å². The van der Waals surface area contributed by atoms with E-state index in [1.165, 1.54) is 44.9 Å². The van der Waals surface area contributed by atoms with Gasteiger partial charge in [0.15, 0.2) is 0 Å². The number of hydrogen-bond acceptors (Lipinski definition) is 4. The van der Waals surface area contributed by atoms with Gasteiger partial charge in [-0.3, -0.25) is 9.35 Å². The maximum Gasteiger partial charge on any atom is 1.00 e. The molecule has 0 bridgehead atoms. The number of rotatable bonds is 17. The topological polar surface area (TPSA) is 80.7 Å². The Morgan fingerprint density at radius 1 is 0.926 bits per heavy atom. The van der Waals surface area contributed by atoms with Gasteiger partial charge in [0.25, 0.3) is 0 Å². The maximum absolute atomic E-state index is 11.4. The SMILES string of the molecule is CCCCCCCCC=CCCCCCCCC(=O)OC(C)S(=O)(=O)O.[H-].[Na+]. The Balaban J connectivity index is -0.00000312. The quantitative estimate of drug-likeness (QED) is 0.130. The van der Waals surface area contributed by atoms with Crippen molar-refractivity contribution < 1.29 is 53.5 Å². The Morgan fingerprint density at radius 2 is 1.37 bits per heavy atom. The fourth-order valence-corrected chi connectivity index (χ4v) is 2.87. The van der Waals surface area contributed by atoms with Crippen LogP contribution >= 0.6 is 0 Å². The Hall–Kier alpha value is 0.120. The molecule has 7 heteroatoms. The molecule has 156 valence electrons. The van der Waals surface area contributed by atoms with Crippen LogP contribution in [0.1, 0.15) is 105 Å². The first kappa shape index (κ1) is 29.3. The summed E-state index contributed by atoms with van der Waals surface area (Å²) >= 11 is 0. The third-order valence-electron chi connectivity index (χ3n) is 4.36. The summed E-state index contributed by atoms with van der Waals surface area (Å²) in [6.07, 6.45) is 20.1. The zero-order chi connectivity index (χ0) is 19.7. The summed E-state index contributed by atoms with van der Waals surface area (Å²) in [6, 6.07) is 0. The molecular weight excluding hydrogens is 375 g/mol. The van der Waals surface area contributed by atoms with Gasteiger partial charge in [-0.05, 0) is 39.0 Å². The minimum Gasteiger partial charge on any atom is -1.00 e. The van der Waals surface area contributed by atoms with Crippen molar-refractivity contribution in [2.45, 2.75) is 109 Å². The van der Waals surface area contributed by atoms with Crippen LogP contribution in [-0.2, 0) is 19.6 Å². The number of unbranched alkanes of at least 4 members (excludes halogenated alkanes) is 11. The summed E-state index contributed by atoms with van der Waals surface area (Å²) < 4.78 is 34.9. The largest absolute Gasteiger partial charge is 1.00 e. The molecule has 0 aromatic rings. The molecule has 0 aromatic heterocycles. The summed E-state index contributed by atoms with van der Waals surface area (Å²) in [5.74, 6) is -0.576. The van der Waals surface area contributed by atoms with Crippen LogP contribution in [0.5, 0.6) is 0 Å². The second-order valence-corrected chi connectivity index (χ2v) is 8.60. The molecule has 0 aliphatic heterocycles. The molecule has 0 fully saturated rings. The van der Waals surface area contributed by atoms with Gasteiger partial charge in [0.1, 0.15) is 0 Å². The number of allylic oxidation sites excluding steroid dienone is 2. The number of carbonyl (C=O) groups excluding carboxylic acids is 1. The van der Waals surface area contributed by atoms with Crippen LogP contribution in [0.2, 0.25) is 0 Å². The molecule has 5 nitrogen and oxygen atoms in total. The van der Waals surface area contributed by atoms with E-state index in [4.69, 9.17) is 4.55 Å². The van der Waals surface area contributed by atoms with Crippen molar-refractivity contribution in [1.29, 1.82) is 0 Å². The van der Waals surface area contributed by atoms with Crippen LogP contribution in [0, 0.1) is 0 Å². The van der Waals surface area contributed by atoms with Crippen LogP contribution in [0.25, 0.3) is 0 Å². The average molecular weight is 415 g/mol. The monoisotopic (exact) mass is 414 g/mol. The fraction of sp³-hybridized carbons (Fsp3) is 0.850. The molecule has 0 saturated carbocycles. The summed E-state index contributed by atoms with van der Waals surface area (Å²) in [4.78, 5) is 11.4. The molecule has 1 unspecified atom stereocenters. The molecule has 0 rings (SSSR count). The van der Waals surface area contributed by atoms with E-state index in [-0.39, 0.29) is 37.4 Å². The minimum absolute atomic E-state index is 0. The van der Waals surface area contributed by atoms with Crippen molar-refractivity contribution >= 4 is 16.1 Å². The van der Waals surface area contributed by atoms with E-state index in [0.29, 0.717) is 6.42 Å². The molecule has 0 aliphatic carbocycles. The molecule has 0 aliphatic rings. The number of ether oxygens (including phenoxy) is 1. The van der Waals surface area contributed by atoms with E-state index in [0.717, 1.165) is 39.0 Å². The fourth-order valence-electron chi connectivity index (χ4n) is 2.64. The third kappa shape index (κ3) is 20.7. The van der Waals surface area contributed by atoms with E-state index in [9.17, 15) is 13.2 Å². The molecule has 1 N–H and O–H groups in total. The average Bonchev–Trinajstić information content (AvgIpc) is 2.57. The molecule has 0 saturated heterocycles. The van der Waals surface area contributed by atoms with Gasteiger partial charge in [-0.1, -0.05) is 70.4 Å². The molecule has 0 amide bonds. The first-order valence-electron chi connectivity index (χ1n) is 10.2. The van der Waals surface area contributed by atoms with Gasteiger partial charge >= 0.3 is 45.6 Å². The van der Waals surface area contributed by atoms with Gasteiger partial charge in [-0.15, -0.1) is 0 Å². The normalized spacial score (nSPS) is 12.7. The van der Waals surface area contributed by atoms with Crippen LogP contribution in [-0.4, -0.2) is 24.4 Å². The molecule has 0 aromatic carbocycles. The van der Waals surface area contributed by atoms with E-state index in [1.54, 1.807) is 0 Å². The van der Waals surface area contributed by atoms with Crippen LogP contribution < -0.4 is 29.6 Å². The van der Waals surface area contributed by atoms with E-state index in [2.05, 4.69) is 23.8 Å². The maximum atomic E-state index is 11.4. The number of carbonyl (C=O) groups is 1. The molecule has 1 atom stereocenters. The number of esters is 1. The van der Waals surface area contributed by atoms with Gasteiger partial charge < -0.3 is 6.16 Å². The predicted octanol–water partition coefficient (Wildman–Crippen LogP) is 2.92. The van der Waals surface area contributed by atoms with E-state index >= 15 is 0 Å². The molecule has 0 radical (unpaired) electrons. The van der Waals surface area contributed by atoms with Crippen molar-refractivity contribution in [3.8, 4) is 0 Å². The Labute approximate surface area is 190 Å². The Kier molecular flexibility index (Phi) is 21.1. The second-order valence-electron chi connectivity index (χ2n) is 6.91. The molecule has 0 spiro atoms. The predicted molar refractivity (Wildman–Crippen MR) is 108 cm³/mol. The first-order chi connectivity index (χ1) is 12.4. The standard InChI is InChI=1S/C20H38O5S.Na.H/c1-3-4-5-6-7-8-9-10-11-12-13-14-15-16-17-18-20(21)25-19(2)26(22,23)24;;/h10-11,19H,3-9,12-18H2,1-2H3,(H,22,23,24);;/q;+1;-1. The van der Waals surface area contributed by atoms with Crippen LogP contribution in [0.4, 0.5) is 0 Å². The van der Waals surface area contributed by atoms with E-state index < -0.39 is 21.5 Å². The summed E-state index contributed by atoms with van der Waals surface area (Å²) in [6.45, 7) is 3.39. The minimum atomic E-state index is -4.31. The third-order valence-corrected chi connectivity index (χ3v) is 5.29. The number of hydrogen-bond donors (Lipinski definition) is 1. The Morgan fingerprint density at radius 3 is 1.85 bits per heavy atom. The van der Waals surface area contributed by atoms with Gasteiger partial charge in [-0.25, -0.2) is 0 Å². The first-order valence-corrected chi connectivity index (χ1v) is 11.7. The van der Waals surface area contributed by atoms with Crippen LogP contribution in [0.3, 0.4) is 0 Å². The molecule has 27 heavy (non-hydrogen) atoms. The second kappa shape index (κ2) is 19.4. The van der Waals surface area contributed by atoms with Crippen LogP contribution in [0.15, 0.2) is 12.2 Å². The van der Waals surface area contributed by atoms with Crippen molar-refractivity contribution in [2.75, 3.05) is 0 Å². The van der Waals surface area contributed by atoms with Gasteiger partial charge in [0, 0.05) is 6.42 Å². The molecular formula is C20H39NaO5S. The Bertz CT molecular complexity index is 483. The van der Waals surface area contributed by atoms with Gasteiger partial charge in [-0.2, -0.15) is 8.42 Å². The van der Waals surface area contributed by atoms with E-state index in [1.807, 2.05) is 0 Å².